The Morgan fingerprint density at radius 1 is 1.26 bits per heavy atom. The van der Waals surface area contributed by atoms with Gasteiger partial charge in [-0.15, -0.1) is 23.4 Å². The molecule has 2 N–H and O–H groups in total. The van der Waals surface area contributed by atoms with Gasteiger partial charge in [-0.05, 0) is 25.3 Å². The fourth-order valence-corrected chi connectivity index (χ4v) is 2.79. The number of carbonyl (C=O) groups excluding carboxylic acids is 1. The van der Waals surface area contributed by atoms with E-state index in [9.17, 15) is 9.90 Å². The summed E-state index contributed by atoms with van der Waals surface area (Å²) < 4.78 is 5.62. The number of carbonyl (C=O) groups is 1. The van der Waals surface area contributed by atoms with Gasteiger partial charge in [0.2, 0.25) is 17.7 Å². The van der Waals surface area contributed by atoms with Gasteiger partial charge in [-0.3, -0.25) is 4.79 Å². The Labute approximate surface area is 160 Å². The van der Waals surface area contributed by atoms with E-state index in [1.165, 1.54) is 5.56 Å². The molecule has 0 bridgehead atoms. The molecule has 0 saturated carbocycles. The minimum atomic E-state index is -1.05. The van der Waals surface area contributed by atoms with Crippen LogP contribution in [-0.4, -0.2) is 33.4 Å². The van der Waals surface area contributed by atoms with Crippen LogP contribution < -0.4 is 5.32 Å². The molecule has 27 heavy (non-hydrogen) atoms. The third-order valence-corrected chi connectivity index (χ3v) is 4.18. The maximum atomic E-state index is 12.0. The average Bonchev–Trinajstić information content (AvgIpc) is 3.06. The molecule has 0 fully saturated rings. The molecule has 144 valence electrons. The second-order valence-corrected chi connectivity index (χ2v) is 6.74. The Morgan fingerprint density at radius 3 is 2.63 bits per heavy atom. The molecule has 1 aromatic heterocycles. The number of aromatic nitrogens is 2. The van der Waals surface area contributed by atoms with Crippen LogP contribution in [0.5, 0.6) is 0 Å². The smallest absolute Gasteiger partial charge is 0.220 e. The quantitative estimate of drug-likeness (QED) is 0.595. The highest BCUT2D eigenvalue weighted by molar-refractivity contribution is 5.76. The van der Waals surface area contributed by atoms with Crippen molar-refractivity contribution in [2.45, 2.75) is 44.6 Å². The Hall–Kier alpha value is -2.73. The molecule has 0 atom stereocenters. The molecule has 1 aromatic carbocycles. The third kappa shape index (κ3) is 6.83. The monoisotopic (exact) mass is 369 g/mol. The van der Waals surface area contributed by atoms with E-state index in [1.54, 1.807) is 12.2 Å². The van der Waals surface area contributed by atoms with E-state index < -0.39 is 5.60 Å². The number of nitrogens with zero attached hydrogens (tertiary/aromatic N) is 2. The number of benzene rings is 1. The highest BCUT2D eigenvalue weighted by Crippen LogP contribution is 2.16. The Morgan fingerprint density at radius 2 is 1.96 bits per heavy atom. The number of rotatable bonds is 11. The largest absolute Gasteiger partial charge is 0.425 e. The summed E-state index contributed by atoms with van der Waals surface area (Å²) in [5, 5.41) is 21.2. The summed E-state index contributed by atoms with van der Waals surface area (Å²) in [5.41, 5.74) is 1.23. The van der Waals surface area contributed by atoms with E-state index in [1.807, 2.05) is 25.1 Å². The number of nitrogens with one attached hydrogen (secondary N) is 1. The SMILES string of the molecule is C=CCC(O)(CC=C)CNC(=O)CCc1nnc(Cc2cccc(C)c2)o1. The van der Waals surface area contributed by atoms with E-state index >= 15 is 0 Å². The van der Waals surface area contributed by atoms with Gasteiger partial charge in [0.15, 0.2) is 0 Å². The van der Waals surface area contributed by atoms with Gasteiger partial charge in [0, 0.05) is 19.4 Å². The van der Waals surface area contributed by atoms with Crippen molar-refractivity contribution in [1.82, 2.24) is 15.5 Å². The summed E-state index contributed by atoms with van der Waals surface area (Å²) in [7, 11) is 0. The van der Waals surface area contributed by atoms with Gasteiger partial charge in [0.25, 0.3) is 0 Å². The highest BCUT2D eigenvalue weighted by atomic mass is 16.4. The molecular weight excluding hydrogens is 342 g/mol. The number of aryl methyl sites for hydroxylation is 2. The first kappa shape index (κ1) is 20.6. The van der Waals surface area contributed by atoms with Gasteiger partial charge >= 0.3 is 0 Å². The second kappa shape index (κ2) is 9.83. The van der Waals surface area contributed by atoms with Crippen molar-refractivity contribution in [3.63, 3.8) is 0 Å². The zero-order valence-electron chi connectivity index (χ0n) is 15.8. The summed E-state index contributed by atoms with van der Waals surface area (Å²) in [6.07, 6.45) is 5.15. The molecule has 0 saturated heterocycles. The summed E-state index contributed by atoms with van der Waals surface area (Å²) in [5.74, 6) is 0.780. The van der Waals surface area contributed by atoms with Gasteiger partial charge in [-0.25, -0.2) is 0 Å². The molecule has 2 rings (SSSR count). The lowest BCUT2D eigenvalue weighted by molar-refractivity contribution is -0.122. The molecule has 0 aliphatic carbocycles. The van der Waals surface area contributed by atoms with E-state index in [0.717, 1.165) is 5.56 Å². The van der Waals surface area contributed by atoms with Gasteiger partial charge in [0.1, 0.15) is 0 Å². The van der Waals surface area contributed by atoms with Crippen molar-refractivity contribution in [3.8, 4) is 0 Å². The van der Waals surface area contributed by atoms with Crippen LogP contribution in [0, 0.1) is 6.92 Å². The van der Waals surface area contributed by atoms with Crippen LogP contribution in [-0.2, 0) is 17.6 Å². The molecule has 0 radical (unpaired) electrons. The van der Waals surface area contributed by atoms with Crippen LogP contribution in [0.4, 0.5) is 0 Å². The Balaban J connectivity index is 1.81. The van der Waals surface area contributed by atoms with E-state index in [2.05, 4.69) is 34.7 Å². The fourth-order valence-electron chi connectivity index (χ4n) is 2.79. The van der Waals surface area contributed by atoms with Gasteiger partial charge in [-0.2, -0.15) is 0 Å². The van der Waals surface area contributed by atoms with Crippen molar-refractivity contribution < 1.29 is 14.3 Å². The van der Waals surface area contributed by atoms with Crippen LogP contribution in [0.3, 0.4) is 0 Å². The number of hydrogen-bond donors (Lipinski definition) is 2. The van der Waals surface area contributed by atoms with Crippen LogP contribution in [0.25, 0.3) is 0 Å². The summed E-state index contributed by atoms with van der Waals surface area (Å²) in [4.78, 5) is 12.0. The molecular formula is C21H27N3O3. The summed E-state index contributed by atoms with van der Waals surface area (Å²) in [6.45, 7) is 9.45. The lowest BCUT2D eigenvalue weighted by Gasteiger charge is -2.25. The number of amides is 1. The number of aliphatic hydroxyl groups is 1. The van der Waals surface area contributed by atoms with Crippen molar-refractivity contribution in [2.24, 2.45) is 0 Å². The lowest BCUT2D eigenvalue weighted by Crippen LogP contribution is -2.42. The second-order valence-electron chi connectivity index (χ2n) is 6.74. The minimum Gasteiger partial charge on any atom is -0.425 e. The number of hydrogen-bond acceptors (Lipinski definition) is 5. The van der Waals surface area contributed by atoms with Gasteiger partial charge < -0.3 is 14.8 Å². The zero-order chi connectivity index (χ0) is 19.7. The molecule has 6 heteroatoms. The van der Waals surface area contributed by atoms with E-state index in [-0.39, 0.29) is 18.9 Å². The van der Waals surface area contributed by atoms with E-state index in [0.29, 0.717) is 37.5 Å². The molecule has 0 aliphatic rings. The first-order valence-corrected chi connectivity index (χ1v) is 9.02. The van der Waals surface area contributed by atoms with Crippen LogP contribution in [0.2, 0.25) is 0 Å². The van der Waals surface area contributed by atoms with Crippen LogP contribution >= 0.6 is 0 Å². The molecule has 6 nitrogen and oxygen atoms in total. The topological polar surface area (TPSA) is 88.2 Å². The fraction of sp³-hybridized carbons (Fsp3) is 0.381. The third-order valence-electron chi connectivity index (χ3n) is 4.18. The highest BCUT2D eigenvalue weighted by Gasteiger charge is 2.24. The molecule has 0 aliphatic heterocycles. The predicted molar refractivity (Wildman–Crippen MR) is 104 cm³/mol. The maximum Gasteiger partial charge on any atom is 0.220 e. The molecule has 0 spiro atoms. The molecule has 1 amide bonds. The average molecular weight is 369 g/mol. The Bertz CT molecular complexity index is 772. The van der Waals surface area contributed by atoms with Crippen molar-refractivity contribution in [2.75, 3.05) is 6.54 Å². The van der Waals surface area contributed by atoms with Crippen molar-refractivity contribution in [3.05, 3.63) is 72.5 Å². The summed E-state index contributed by atoms with van der Waals surface area (Å²) >= 11 is 0. The van der Waals surface area contributed by atoms with Gasteiger partial charge in [0.05, 0.1) is 12.0 Å². The van der Waals surface area contributed by atoms with Gasteiger partial charge in [-0.1, -0.05) is 42.0 Å². The van der Waals surface area contributed by atoms with Crippen LogP contribution in [0.1, 0.15) is 42.2 Å². The normalized spacial score (nSPS) is 11.2. The standard InChI is InChI=1S/C21H27N3O3/c1-4-11-21(26,12-5-2)15-22-18(25)9-10-19-23-24-20(27-19)14-17-8-6-7-16(3)13-17/h4-8,13,26H,1-2,9-12,14-15H2,3H3,(H,22,25). The van der Waals surface area contributed by atoms with Crippen molar-refractivity contribution in [1.29, 1.82) is 0 Å². The summed E-state index contributed by atoms with van der Waals surface area (Å²) in [6, 6.07) is 8.11. The zero-order valence-corrected chi connectivity index (χ0v) is 15.8. The van der Waals surface area contributed by atoms with Crippen LogP contribution in [0.15, 0.2) is 54.0 Å². The minimum absolute atomic E-state index is 0.145. The lowest BCUT2D eigenvalue weighted by atomic mass is 9.95. The molecule has 2 aromatic rings. The van der Waals surface area contributed by atoms with Crippen molar-refractivity contribution >= 4 is 5.91 Å². The first-order valence-electron chi connectivity index (χ1n) is 9.02. The predicted octanol–water partition coefficient (Wildman–Crippen LogP) is 2.90. The Kier molecular flexibility index (Phi) is 7.49. The molecule has 1 heterocycles. The maximum absolute atomic E-state index is 12.0. The van der Waals surface area contributed by atoms with E-state index in [4.69, 9.17) is 4.42 Å². The molecule has 0 unspecified atom stereocenters. The first-order chi connectivity index (χ1) is 12.9.